The summed E-state index contributed by atoms with van der Waals surface area (Å²) in [6.07, 6.45) is 0. The number of nitrogens with zero attached hydrogens (tertiary/aromatic N) is 2. The lowest BCUT2D eigenvalue weighted by atomic mass is 10.1. The molecule has 2 aromatic rings. The van der Waals surface area contributed by atoms with Crippen molar-refractivity contribution < 1.29 is 9.13 Å². The first-order valence-corrected chi connectivity index (χ1v) is 8.02. The number of hydrogen-bond acceptors (Lipinski definition) is 3. The Bertz CT molecular complexity index is 666. The summed E-state index contributed by atoms with van der Waals surface area (Å²) < 4.78 is 18.7. The molecule has 0 radical (unpaired) electrons. The Balaban J connectivity index is 1.58. The number of piperazine rings is 1. The van der Waals surface area contributed by atoms with Gasteiger partial charge in [-0.1, -0.05) is 18.2 Å². The molecule has 4 heteroatoms. The molecule has 1 fully saturated rings. The molecule has 0 unspecified atom stereocenters. The molecule has 1 saturated heterocycles. The number of ether oxygens (including phenoxy) is 1. The third-order valence-electron chi connectivity index (χ3n) is 4.36. The highest BCUT2D eigenvalue weighted by Gasteiger charge is 2.17. The summed E-state index contributed by atoms with van der Waals surface area (Å²) in [7, 11) is 1.49. The highest BCUT2D eigenvalue weighted by atomic mass is 19.1. The Morgan fingerprint density at radius 1 is 1.04 bits per heavy atom. The van der Waals surface area contributed by atoms with Crippen LogP contribution in [0.1, 0.15) is 11.1 Å². The van der Waals surface area contributed by atoms with Crippen LogP contribution in [0.5, 0.6) is 5.75 Å². The fourth-order valence-electron chi connectivity index (χ4n) is 3.06. The third kappa shape index (κ3) is 3.82. The molecule has 3 rings (SSSR count). The first kappa shape index (κ1) is 15.8. The normalized spacial score (nSPS) is 15.7. The van der Waals surface area contributed by atoms with E-state index in [9.17, 15) is 4.39 Å². The van der Waals surface area contributed by atoms with Crippen molar-refractivity contribution in [2.24, 2.45) is 0 Å². The minimum atomic E-state index is -0.289. The highest BCUT2D eigenvalue weighted by molar-refractivity contribution is 5.48. The summed E-state index contributed by atoms with van der Waals surface area (Å²) in [5, 5.41) is 0. The smallest absolute Gasteiger partial charge is 0.165 e. The van der Waals surface area contributed by atoms with Crippen LogP contribution >= 0.6 is 0 Å². The zero-order chi connectivity index (χ0) is 16.2. The van der Waals surface area contributed by atoms with Crippen molar-refractivity contribution in [1.82, 2.24) is 4.90 Å². The van der Waals surface area contributed by atoms with Crippen LogP contribution in [0.2, 0.25) is 0 Å². The van der Waals surface area contributed by atoms with Gasteiger partial charge in [-0.3, -0.25) is 4.90 Å². The molecule has 1 aliphatic rings. The van der Waals surface area contributed by atoms with Gasteiger partial charge in [-0.25, -0.2) is 4.39 Å². The van der Waals surface area contributed by atoms with E-state index in [0.29, 0.717) is 5.75 Å². The largest absolute Gasteiger partial charge is 0.494 e. The Morgan fingerprint density at radius 3 is 2.48 bits per heavy atom. The molecule has 122 valence electrons. The van der Waals surface area contributed by atoms with Gasteiger partial charge in [0.15, 0.2) is 11.6 Å². The van der Waals surface area contributed by atoms with Gasteiger partial charge in [0.05, 0.1) is 7.11 Å². The van der Waals surface area contributed by atoms with Crippen LogP contribution in [0, 0.1) is 12.7 Å². The summed E-state index contributed by atoms with van der Waals surface area (Å²) >= 11 is 0. The first-order valence-electron chi connectivity index (χ1n) is 8.02. The minimum absolute atomic E-state index is 0.289. The average Bonchev–Trinajstić information content (AvgIpc) is 2.56. The number of methoxy groups -OCH3 is 1. The maximum Gasteiger partial charge on any atom is 0.165 e. The van der Waals surface area contributed by atoms with Crippen molar-refractivity contribution in [3.05, 3.63) is 59.4 Å². The van der Waals surface area contributed by atoms with Gasteiger partial charge in [0.1, 0.15) is 0 Å². The molecule has 0 spiro atoms. The van der Waals surface area contributed by atoms with Crippen LogP contribution in [0.25, 0.3) is 0 Å². The zero-order valence-corrected chi connectivity index (χ0v) is 13.8. The number of halogens is 1. The molecule has 2 aromatic carbocycles. The van der Waals surface area contributed by atoms with Gasteiger partial charge in [0, 0.05) is 38.4 Å². The van der Waals surface area contributed by atoms with E-state index >= 15 is 0 Å². The van der Waals surface area contributed by atoms with Crippen molar-refractivity contribution in [2.45, 2.75) is 13.5 Å². The Labute approximate surface area is 137 Å². The summed E-state index contributed by atoms with van der Waals surface area (Å²) in [6, 6.07) is 13.8. The molecule has 0 bridgehead atoms. The van der Waals surface area contributed by atoms with Crippen molar-refractivity contribution in [3.63, 3.8) is 0 Å². The molecule has 1 heterocycles. The van der Waals surface area contributed by atoms with Crippen molar-refractivity contribution >= 4 is 5.69 Å². The zero-order valence-electron chi connectivity index (χ0n) is 13.8. The summed E-state index contributed by atoms with van der Waals surface area (Å²) in [6.45, 7) is 6.88. The summed E-state index contributed by atoms with van der Waals surface area (Å²) in [5.74, 6) is 0.0152. The molecule has 0 amide bonds. The number of benzene rings is 2. The van der Waals surface area contributed by atoms with Gasteiger partial charge in [0.25, 0.3) is 0 Å². The Kier molecular flexibility index (Phi) is 4.82. The minimum Gasteiger partial charge on any atom is -0.494 e. The average molecular weight is 314 g/mol. The molecular formula is C19H23FN2O. The van der Waals surface area contributed by atoms with Gasteiger partial charge in [-0.05, 0) is 42.3 Å². The summed E-state index contributed by atoms with van der Waals surface area (Å²) in [4.78, 5) is 4.78. The first-order chi connectivity index (χ1) is 11.2. The SMILES string of the molecule is COc1ccc(CN2CCN(c3cccc(C)c3)CC2)cc1F. The third-order valence-corrected chi connectivity index (χ3v) is 4.36. The van der Waals surface area contributed by atoms with Crippen LogP contribution in [0.4, 0.5) is 10.1 Å². The van der Waals surface area contributed by atoms with Crippen LogP contribution in [-0.2, 0) is 6.54 Å². The van der Waals surface area contributed by atoms with E-state index in [1.54, 1.807) is 12.1 Å². The van der Waals surface area contributed by atoms with Crippen molar-refractivity contribution in [2.75, 3.05) is 38.2 Å². The van der Waals surface area contributed by atoms with Crippen LogP contribution in [0.3, 0.4) is 0 Å². The molecule has 3 nitrogen and oxygen atoms in total. The number of anilines is 1. The standard InChI is InChI=1S/C19H23FN2O/c1-15-4-3-5-17(12-15)22-10-8-21(9-11-22)14-16-6-7-19(23-2)18(20)13-16/h3-7,12-13H,8-11,14H2,1-2H3. The molecule has 0 N–H and O–H groups in total. The Morgan fingerprint density at radius 2 is 1.83 bits per heavy atom. The topological polar surface area (TPSA) is 15.7 Å². The maximum atomic E-state index is 13.8. The van der Waals surface area contributed by atoms with E-state index in [-0.39, 0.29) is 5.82 Å². The van der Waals surface area contributed by atoms with E-state index < -0.39 is 0 Å². The van der Waals surface area contributed by atoms with Crippen molar-refractivity contribution in [3.8, 4) is 5.75 Å². The van der Waals surface area contributed by atoms with E-state index in [1.807, 2.05) is 6.07 Å². The molecule has 23 heavy (non-hydrogen) atoms. The number of aryl methyl sites for hydroxylation is 1. The molecule has 0 aliphatic carbocycles. The van der Waals surface area contributed by atoms with Gasteiger partial charge in [-0.2, -0.15) is 0 Å². The molecule has 0 aromatic heterocycles. The number of hydrogen-bond donors (Lipinski definition) is 0. The lowest BCUT2D eigenvalue weighted by molar-refractivity contribution is 0.249. The van der Waals surface area contributed by atoms with E-state index in [2.05, 4.69) is 41.0 Å². The van der Waals surface area contributed by atoms with Crippen LogP contribution < -0.4 is 9.64 Å². The molecular weight excluding hydrogens is 291 g/mol. The van der Waals surface area contributed by atoms with E-state index in [4.69, 9.17) is 4.74 Å². The molecule has 0 saturated carbocycles. The maximum absolute atomic E-state index is 13.8. The summed E-state index contributed by atoms with van der Waals surface area (Å²) in [5.41, 5.74) is 3.58. The van der Waals surface area contributed by atoms with Crippen LogP contribution in [-0.4, -0.2) is 38.2 Å². The van der Waals surface area contributed by atoms with Crippen molar-refractivity contribution in [1.29, 1.82) is 0 Å². The second-order valence-corrected chi connectivity index (χ2v) is 6.07. The van der Waals surface area contributed by atoms with Gasteiger partial charge >= 0.3 is 0 Å². The van der Waals surface area contributed by atoms with Gasteiger partial charge in [0.2, 0.25) is 0 Å². The fraction of sp³-hybridized carbons (Fsp3) is 0.368. The second-order valence-electron chi connectivity index (χ2n) is 6.07. The quantitative estimate of drug-likeness (QED) is 0.859. The fourth-order valence-corrected chi connectivity index (χ4v) is 3.06. The molecule has 1 aliphatic heterocycles. The monoisotopic (exact) mass is 314 g/mol. The Hall–Kier alpha value is -2.07. The van der Waals surface area contributed by atoms with E-state index in [1.165, 1.54) is 18.4 Å². The lowest BCUT2D eigenvalue weighted by Crippen LogP contribution is -2.46. The van der Waals surface area contributed by atoms with Gasteiger partial charge < -0.3 is 9.64 Å². The van der Waals surface area contributed by atoms with Crippen LogP contribution in [0.15, 0.2) is 42.5 Å². The molecule has 0 atom stereocenters. The van der Waals surface area contributed by atoms with Gasteiger partial charge in [-0.15, -0.1) is 0 Å². The second kappa shape index (κ2) is 7.01. The lowest BCUT2D eigenvalue weighted by Gasteiger charge is -2.36. The predicted molar refractivity (Wildman–Crippen MR) is 91.6 cm³/mol. The highest BCUT2D eigenvalue weighted by Crippen LogP contribution is 2.21. The van der Waals surface area contributed by atoms with E-state index in [0.717, 1.165) is 38.3 Å². The number of rotatable bonds is 4. The predicted octanol–water partition coefficient (Wildman–Crippen LogP) is 3.46.